The van der Waals surface area contributed by atoms with Crippen LogP contribution in [0.2, 0.25) is 0 Å². The van der Waals surface area contributed by atoms with E-state index in [4.69, 9.17) is 9.47 Å². The van der Waals surface area contributed by atoms with Gasteiger partial charge in [-0.1, -0.05) is 72.3 Å². The first-order valence-corrected chi connectivity index (χ1v) is 10.8. The summed E-state index contributed by atoms with van der Waals surface area (Å²) in [4.78, 5) is 15.3. The fourth-order valence-electron chi connectivity index (χ4n) is 4.15. The molecule has 32 heavy (non-hydrogen) atoms. The molecule has 0 unspecified atom stereocenters. The van der Waals surface area contributed by atoms with Gasteiger partial charge in [-0.25, -0.2) is 0 Å². The van der Waals surface area contributed by atoms with Gasteiger partial charge in [-0.3, -0.25) is 9.69 Å². The summed E-state index contributed by atoms with van der Waals surface area (Å²) in [6, 6.07) is 20.5. The lowest BCUT2D eigenvalue weighted by atomic mass is 9.98. The maximum atomic E-state index is 13.1. The van der Waals surface area contributed by atoms with Crippen LogP contribution in [-0.4, -0.2) is 17.4 Å². The highest BCUT2D eigenvalue weighted by molar-refractivity contribution is 6.14. The Hall–Kier alpha value is -3.63. The number of ketones is 1. The Labute approximate surface area is 188 Å². The number of ether oxygens (including phenoxy) is 2. The number of Topliss-reactive ketones (excluding diaryl/α,β-unsaturated/α-hetero) is 1. The Kier molecular flexibility index (Phi) is 5.38. The van der Waals surface area contributed by atoms with E-state index in [1.807, 2.05) is 55.5 Å². The summed E-state index contributed by atoms with van der Waals surface area (Å²) in [5.74, 6) is 1.71. The highest BCUT2D eigenvalue weighted by Gasteiger charge is 2.35. The normalized spacial score (nSPS) is 16.7. The van der Waals surface area contributed by atoms with Crippen molar-refractivity contribution < 1.29 is 14.3 Å². The topological polar surface area (TPSA) is 38.8 Å². The zero-order valence-electron chi connectivity index (χ0n) is 18.3. The SMILES string of the molecule is Cc1ccc(CN2COc3cc(C)c4c(c3C2)O/C(=C\C=C\c2ccccc2)C4=O)cc1. The first kappa shape index (κ1) is 20.3. The van der Waals surface area contributed by atoms with E-state index in [1.54, 1.807) is 6.08 Å². The second-order valence-electron chi connectivity index (χ2n) is 8.35. The minimum atomic E-state index is -0.0753. The largest absolute Gasteiger partial charge is 0.478 e. The lowest BCUT2D eigenvalue weighted by Crippen LogP contribution is -2.31. The van der Waals surface area contributed by atoms with Crippen molar-refractivity contribution in [3.63, 3.8) is 0 Å². The Morgan fingerprint density at radius 1 is 1.03 bits per heavy atom. The lowest BCUT2D eigenvalue weighted by molar-refractivity contribution is 0.0872. The van der Waals surface area contributed by atoms with Crippen LogP contribution in [0.1, 0.15) is 38.2 Å². The van der Waals surface area contributed by atoms with E-state index in [-0.39, 0.29) is 5.78 Å². The molecule has 4 nitrogen and oxygen atoms in total. The van der Waals surface area contributed by atoms with Crippen LogP contribution in [0.25, 0.3) is 6.08 Å². The van der Waals surface area contributed by atoms with E-state index in [2.05, 4.69) is 36.1 Å². The monoisotopic (exact) mass is 423 g/mol. The van der Waals surface area contributed by atoms with Crippen molar-refractivity contribution in [1.29, 1.82) is 0 Å². The van der Waals surface area contributed by atoms with E-state index < -0.39 is 0 Å². The molecule has 0 radical (unpaired) electrons. The zero-order valence-corrected chi connectivity index (χ0v) is 18.3. The van der Waals surface area contributed by atoms with E-state index in [1.165, 1.54) is 11.1 Å². The molecule has 2 heterocycles. The number of hydrogen-bond acceptors (Lipinski definition) is 4. The van der Waals surface area contributed by atoms with Crippen molar-refractivity contribution in [2.75, 3.05) is 6.73 Å². The van der Waals surface area contributed by atoms with Crippen molar-refractivity contribution in [3.05, 3.63) is 112 Å². The van der Waals surface area contributed by atoms with Crippen molar-refractivity contribution in [3.8, 4) is 11.5 Å². The smallest absolute Gasteiger partial charge is 0.232 e. The summed E-state index contributed by atoms with van der Waals surface area (Å²) in [5.41, 5.74) is 6.01. The van der Waals surface area contributed by atoms with Gasteiger partial charge in [-0.2, -0.15) is 0 Å². The molecule has 0 aliphatic carbocycles. The van der Waals surface area contributed by atoms with E-state index in [0.29, 0.717) is 30.3 Å². The third-order valence-corrected chi connectivity index (χ3v) is 5.85. The van der Waals surface area contributed by atoms with Gasteiger partial charge >= 0.3 is 0 Å². The summed E-state index contributed by atoms with van der Waals surface area (Å²) in [7, 11) is 0. The number of carbonyl (C=O) groups is 1. The first-order valence-electron chi connectivity index (χ1n) is 10.8. The van der Waals surface area contributed by atoms with Crippen LogP contribution < -0.4 is 9.47 Å². The molecule has 3 aromatic rings. The summed E-state index contributed by atoms with van der Waals surface area (Å²) < 4.78 is 12.2. The summed E-state index contributed by atoms with van der Waals surface area (Å²) in [5, 5.41) is 0. The Balaban J connectivity index is 1.40. The molecule has 160 valence electrons. The molecule has 3 aromatic carbocycles. The van der Waals surface area contributed by atoms with Gasteiger partial charge in [-0.15, -0.1) is 0 Å². The van der Waals surface area contributed by atoms with Crippen LogP contribution in [-0.2, 0) is 13.1 Å². The number of hydrogen-bond donors (Lipinski definition) is 0. The molecule has 0 saturated carbocycles. The standard InChI is InChI=1S/C28H25NO3/c1-19-11-13-22(14-12-19)16-29-17-23-25(31-18-29)15-20(2)26-27(30)24(32-28(23)26)10-6-9-21-7-4-3-5-8-21/h3-15H,16-18H2,1-2H3/b9-6+,24-10-. The fraction of sp³-hybridized carbons (Fsp3) is 0.179. The molecule has 4 heteroatoms. The molecular weight excluding hydrogens is 398 g/mol. The molecule has 0 N–H and O–H groups in total. The molecular formula is C28H25NO3. The molecule has 0 aromatic heterocycles. The zero-order chi connectivity index (χ0) is 22.1. The van der Waals surface area contributed by atoms with Crippen LogP contribution in [0.5, 0.6) is 11.5 Å². The second kappa shape index (κ2) is 8.48. The third-order valence-electron chi connectivity index (χ3n) is 5.85. The molecule has 2 aliphatic rings. The number of rotatable bonds is 4. The number of allylic oxidation sites excluding steroid dienone is 3. The first-order chi connectivity index (χ1) is 15.6. The average Bonchev–Trinajstić information content (AvgIpc) is 3.14. The molecule has 0 amide bonds. The van der Waals surface area contributed by atoms with Gasteiger partial charge in [0.15, 0.2) is 5.76 Å². The van der Waals surface area contributed by atoms with Crippen LogP contribution in [0.3, 0.4) is 0 Å². The Morgan fingerprint density at radius 3 is 2.59 bits per heavy atom. The Bertz CT molecular complexity index is 1220. The number of nitrogens with zero attached hydrogens (tertiary/aromatic N) is 1. The number of benzene rings is 3. The lowest BCUT2D eigenvalue weighted by Gasteiger charge is -2.30. The van der Waals surface area contributed by atoms with Crippen LogP contribution in [0.15, 0.2) is 78.6 Å². The van der Waals surface area contributed by atoms with Crippen molar-refractivity contribution in [1.82, 2.24) is 4.90 Å². The Morgan fingerprint density at radius 2 is 1.81 bits per heavy atom. The van der Waals surface area contributed by atoms with E-state index in [0.717, 1.165) is 29.0 Å². The van der Waals surface area contributed by atoms with Gasteiger partial charge in [0.05, 0.1) is 11.1 Å². The molecule has 0 atom stereocenters. The number of carbonyl (C=O) groups excluding carboxylic acids is 1. The molecule has 0 saturated heterocycles. The van der Waals surface area contributed by atoms with Gasteiger partial charge in [-0.05, 0) is 42.7 Å². The highest BCUT2D eigenvalue weighted by Crippen LogP contribution is 2.43. The van der Waals surface area contributed by atoms with Gasteiger partial charge < -0.3 is 9.47 Å². The predicted octanol–water partition coefficient (Wildman–Crippen LogP) is 5.83. The van der Waals surface area contributed by atoms with Gasteiger partial charge in [0.25, 0.3) is 0 Å². The third kappa shape index (κ3) is 3.97. The summed E-state index contributed by atoms with van der Waals surface area (Å²) in [6.07, 6.45) is 5.56. The van der Waals surface area contributed by atoms with Gasteiger partial charge in [0.2, 0.25) is 5.78 Å². The molecule has 0 bridgehead atoms. The molecule has 0 fully saturated rings. The molecule has 5 rings (SSSR count). The molecule has 2 aliphatic heterocycles. The minimum Gasteiger partial charge on any atom is -0.478 e. The molecule has 0 spiro atoms. The maximum Gasteiger partial charge on any atom is 0.232 e. The summed E-state index contributed by atoms with van der Waals surface area (Å²) in [6.45, 7) is 5.98. The van der Waals surface area contributed by atoms with Crippen molar-refractivity contribution in [2.45, 2.75) is 26.9 Å². The maximum absolute atomic E-state index is 13.1. The number of aryl methyl sites for hydroxylation is 2. The fourth-order valence-corrected chi connectivity index (χ4v) is 4.15. The van der Waals surface area contributed by atoms with E-state index in [9.17, 15) is 4.79 Å². The van der Waals surface area contributed by atoms with Crippen molar-refractivity contribution in [2.24, 2.45) is 0 Å². The quantitative estimate of drug-likeness (QED) is 0.495. The van der Waals surface area contributed by atoms with Gasteiger partial charge in [0, 0.05) is 13.1 Å². The van der Waals surface area contributed by atoms with Gasteiger partial charge in [0.1, 0.15) is 18.2 Å². The van der Waals surface area contributed by atoms with Crippen LogP contribution >= 0.6 is 0 Å². The van der Waals surface area contributed by atoms with Crippen LogP contribution in [0, 0.1) is 13.8 Å². The van der Waals surface area contributed by atoms with E-state index >= 15 is 0 Å². The highest BCUT2D eigenvalue weighted by atomic mass is 16.5. The van der Waals surface area contributed by atoms with Crippen LogP contribution in [0.4, 0.5) is 0 Å². The average molecular weight is 424 g/mol. The number of fused-ring (bicyclic) bond motifs is 3. The second-order valence-corrected chi connectivity index (χ2v) is 8.35. The summed E-state index contributed by atoms with van der Waals surface area (Å²) >= 11 is 0. The predicted molar refractivity (Wildman–Crippen MR) is 126 cm³/mol. The van der Waals surface area contributed by atoms with Crippen molar-refractivity contribution >= 4 is 11.9 Å². The minimum absolute atomic E-state index is 0.0753.